The number of esters is 1. The maximum atomic E-state index is 13.5. The minimum Gasteiger partial charge on any atom is -0.494 e. The van der Waals surface area contributed by atoms with Crippen molar-refractivity contribution >= 4 is 17.3 Å². The Kier molecular flexibility index (Phi) is 9.75. The van der Waals surface area contributed by atoms with Crippen molar-refractivity contribution in [3.63, 3.8) is 0 Å². The van der Waals surface area contributed by atoms with Gasteiger partial charge in [-0.15, -0.1) is 0 Å². The first-order chi connectivity index (χ1) is 20.7. The molecule has 0 spiro atoms. The second-order valence-electron chi connectivity index (χ2n) is 11.0. The molecule has 0 amide bonds. The van der Waals surface area contributed by atoms with Gasteiger partial charge in [0.15, 0.2) is 5.65 Å². The number of nitrogens with zero attached hydrogens (tertiary/aromatic N) is 3. The highest BCUT2D eigenvalue weighted by Gasteiger charge is 2.32. The van der Waals surface area contributed by atoms with Crippen LogP contribution in [0, 0.1) is 6.92 Å². The van der Waals surface area contributed by atoms with Gasteiger partial charge in [0.1, 0.15) is 17.2 Å². The minimum absolute atomic E-state index is 0.151. The van der Waals surface area contributed by atoms with E-state index in [9.17, 15) is 23.1 Å². The number of imidazole rings is 1. The van der Waals surface area contributed by atoms with E-state index >= 15 is 0 Å². The molecule has 12 heteroatoms. The van der Waals surface area contributed by atoms with Crippen molar-refractivity contribution in [1.82, 2.24) is 9.38 Å². The van der Waals surface area contributed by atoms with Crippen molar-refractivity contribution in [1.29, 1.82) is 0 Å². The van der Waals surface area contributed by atoms with Gasteiger partial charge in [-0.2, -0.15) is 13.2 Å². The van der Waals surface area contributed by atoms with Gasteiger partial charge in [-0.25, -0.2) is 9.78 Å². The molecule has 2 aromatic heterocycles. The zero-order valence-electron chi connectivity index (χ0n) is 25.4. The van der Waals surface area contributed by atoms with Crippen LogP contribution in [0.4, 0.5) is 18.9 Å². The summed E-state index contributed by atoms with van der Waals surface area (Å²) >= 11 is 0. The molecule has 0 aliphatic rings. The average molecular weight is 616 g/mol. The highest BCUT2D eigenvalue weighted by Crippen LogP contribution is 2.36. The molecule has 0 radical (unpaired) electrons. The lowest BCUT2D eigenvalue weighted by Crippen LogP contribution is -2.43. The number of methoxy groups -OCH3 is 1. The summed E-state index contributed by atoms with van der Waals surface area (Å²) in [6.07, 6.45) is -4.24. The topological polar surface area (TPSA) is 94.8 Å². The highest BCUT2D eigenvalue weighted by molar-refractivity contribution is 5.91. The Labute approximate surface area is 253 Å². The van der Waals surface area contributed by atoms with E-state index in [1.807, 2.05) is 6.92 Å². The summed E-state index contributed by atoms with van der Waals surface area (Å²) in [5, 5.41) is 11.1. The number of carbonyl (C=O) groups excluding carboxylic acids is 1. The van der Waals surface area contributed by atoms with Crippen molar-refractivity contribution in [2.75, 3.05) is 25.2 Å². The van der Waals surface area contributed by atoms with E-state index in [2.05, 4.69) is 4.98 Å². The number of aryl methyl sites for hydroxylation is 1. The Hall–Kier alpha value is -4.29. The maximum absolute atomic E-state index is 13.5. The number of benzene rings is 2. The fourth-order valence-corrected chi connectivity index (χ4v) is 4.59. The Balaban J connectivity index is 1.90. The molecule has 0 aliphatic carbocycles. The van der Waals surface area contributed by atoms with E-state index in [0.29, 0.717) is 40.5 Å². The number of ether oxygens (including phenoxy) is 4. The van der Waals surface area contributed by atoms with Crippen LogP contribution in [0.15, 0.2) is 60.9 Å². The van der Waals surface area contributed by atoms with Gasteiger partial charge < -0.3 is 29.0 Å². The van der Waals surface area contributed by atoms with Gasteiger partial charge in [0.25, 0.3) is 0 Å². The predicted molar refractivity (Wildman–Crippen MR) is 159 cm³/mol. The standard InChI is InChI=1S/C32H36F3N3O6/c1-7-42-22-9-8-10-23(16-22)43-24-17-26(37(14-13-32(33,34)35)30(40)44-31(3,4)5)28-36-18-27(38(28)19-24)21-11-12-25(20(2)15-21)29(39)41-6/h8-12,15-19,30,40H,7,13-14H2,1-6H3. The normalized spacial score (nSPS) is 12.7. The van der Waals surface area contributed by atoms with Crippen LogP contribution in [0.2, 0.25) is 0 Å². The van der Waals surface area contributed by atoms with Crippen molar-refractivity contribution in [2.45, 2.75) is 59.2 Å². The third kappa shape index (κ3) is 8.00. The summed E-state index contributed by atoms with van der Waals surface area (Å²) in [6, 6.07) is 13.6. The Morgan fingerprint density at radius 3 is 2.43 bits per heavy atom. The molecule has 1 N–H and O–H groups in total. The number of hydrogen-bond acceptors (Lipinski definition) is 8. The van der Waals surface area contributed by atoms with Gasteiger partial charge in [0, 0.05) is 24.2 Å². The molecule has 1 atom stereocenters. The largest absolute Gasteiger partial charge is 0.494 e. The van der Waals surface area contributed by atoms with E-state index in [1.165, 1.54) is 13.2 Å². The van der Waals surface area contributed by atoms with E-state index in [4.69, 9.17) is 18.9 Å². The lowest BCUT2D eigenvalue weighted by atomic mass is 10.0. The monoisotopic (exact) mass is 615 g/mol. The number of aliphatic hydroxyl groups is 1. The number of fused-ring (bicyclic) bond motifs is 1. The molecule has 4 aromatic rings. The van der Waals surface area contributed by atoms with E-state index < -0.39 is 37.1 Å². The molecule has 0 fully saturated rings. The number of alkyl halides is 3. The molecule has 4 rings (SSSR count). The van der Waals surface area contributed by atoms with Gasteiger partial charge in [-0.1, -0.05) is 12.1 Å². The number of rotatable bonds is 11. The summed E-state index contributed by atoms with van der Waals surface area (Å²) in [5.74, 6) is 0.780. The molecule has 44 heavy (non-hydrogen) atoms. The summed E-state index contributed by atoms with van der Waals surface area (Å²) in [4.78, 5) is 17.8. The quantitative estimate of drug-likeness (QED) is 0.141. The van der Waals surface area contributed by atoms with Crippen LogP contribution in [0.3, 0.4) is 0 Å². The van der Waals surface area contributed by atoms with Gasteiger partial charge in [-0.3, -0.25) is 4.40 Å². The number of aliphatic hydroxyl groups excluding tert-OH is 1. The smallest absolute Gasteiger partial charge is 0.390 e. The first-order valence-corrected chi connectivity index (χ1v) is 14.0. The van der Waals surface area contributed by atoms with Crippen molar-refractivity contribution in [3.05, 3.63) is 72.1 Å². The number of anilines is 1. The number of halogens is 3. The van der Waals surface area contributed by atoms with Crippen LogP contribution in [0.1, 0.15) is 50.0 Å². The van der Waals surface area contributed by atoms with E-state index in [1.54, 1.807) is 87.0 Å². The molecule has 0 aliphatic heterocycles. The second kappa shape index (κ2) is 13.1. The Morgan fingerprint density at radius 2 is 1.80 bits per heavy atom. The molecule has 1 unspecified atom stereocenters. The van der Waals surface area contributed by atoms with Crippen LogP contribution in [0.5, 0.6) is 17.2 Å². The Morgan fingerprint density at radius 1 is 1.07 bits per heavy atom. The van der Waals surface area contributed by atoms with Crippen molar-refractivity contribution in [3.8, 4) is 28.5 Å². The molecule has 2 heterocycles. The summed E-state index contributed by atoms with van der Waals surface area (Å²) in [6.45, 7) is 8.52. The maximum Gasteiger partial charge on any atom is 0.390 e. The minimum atomic E-state index is -4.50. The van der Waals surface area contributed by atoms with Gasteiger partial charge in [0.2, 0.25) is 6.41 Å². The first-order valence-electron chi connectivity index (χ1n) is 14.0. The zero-order chi connectivity index (χ0) is 32.2. The molecule has 2 aromatic carbocycles. The van der Waals surface area contributed by atoms with Crippen molar-refractivity contribution < 1.29 is 42.0 Å². The predicted octanol–water partition coefficient (Wildman–Crippen LogP) is 7.14. The fourth-order valence-electron chi connectivity index (χ4n) is 4.59. The van der Waals surface area contributed by atoms with Crippen LogP contribution in [0.25, 0.3) is 16.9 Å². The fraction of sp³-hybridized carbons (Fsp3) is 0.375. The van der Waals surface area contributed by atoms with Gasteiger partial charge >= 0.3 is 12.1 Å². The average Bonchev–Trinajstić information content (AvgIpc) is 3.35. The third-order valence-corrected chi connectivity index (χ3v) is 6.51. The number of pyridine rings is 1. The van der Waals surface area contributed by atoms with E-state index in [-0.39, 0.29) is 17.1 Å². The molecule has 0 saturated carbocycles. The molecule has 236 valence electrons. The van der Waals surface area contributed by atoms with Gasteiger partial charge in [0.05, 0.1) is 55.1 Å². The highest BCUT2D eigenvalue weighted by atomic mass is 19.4. The molecule has 9 nitrogen and oxygen atoms in total. The van der Waals surface area contributed by atoms with Crippen LogP contribution in [-0.2, 0) is 9.47 Å². The lowest BCUT2D eigenvalue weighted by molar-refractivity contribution is -0.170. The zero-order valence-corrected chi connectivity index (χ0v) is 25.4. The summed E-state index contributed by atoms with van der Waals surface area (Å²) in [7, 11) is 1.30. The molecular weight excluding hydrogens is 579 g/mol. The number of hydrogen-bond donors (Lipinski definition) is 1. The van der Waals surface area contributed by atoms with Crippen LogP contribution >= 0.6 is 0 Å². The molecule has 0 saturated heterocycles. The number of carbonyl (C=O) groups is 1. The first kappa shape index (κ1) is 32.6. The number of aromatic nitrogens is 2. The molecular formula is C32H36F3N3O6. The summed E-state index contributed by atoms with van der Waals surface area (Å²) in [5.41, 5.74) is 1.82. The van der Waals surface area contributed by atoms with Crippen LogP contribution < -0.4 is 14.4 Å². The van der Waals surface area contributed by atoms with E-state index in [0.717, 1.165) is 4.90 Å². The SMILES string of the molecule is CCOc1cccc(Oc2cc(N(CCC(F)(F)F)C(O)OC(C)(C)C)c3ncc(-c4ccc(C(=O)OC)c(C)c4)n3c2)c1. The van der Waals surface area contributed by atoms with Gasteiger partial charge in [-0.05, 0) is 64.4 Å². The molecule has 0 bridgehead atoms. The van der Waals surface area contributed by atoms with Crippen LogP contribution in [-0.4, -0.2) is 58.9 Å². The third-order valence-electron chi connectivity index (χ3n) is 6.51. The lowest BCUT2D eigenvalue weighted by Gasteiger charge is -2.34. The van der Waals surface area contributed by atoms with Crippen molar-refractivity contribution in [2.24, 2.45) is 0 Å². The second-order valence-corrected chi connectivity index (χ2v) is 11.0. The summed E-state index contributed by atoms with van der Waals surface area (Å²) < 4.78 is 64.3. The Bertz CT molecular complexity index is 1610.